The van der Waals surface area contributed by atoms with Gasteiger partial charge in [0.2, 0.25) is 11.9 Å². The van der Waals surface area contributed by atoms with E-state index in [2.05, 4.69) is 10.4 Å². The molecule has 9 heteroatoms. The van der Waals surface area contributed by atoms with Gasteiger partial charge in [-0.15, -0.1) is 0 Å². The number of aromatic nitrogens is 4. The summed E-state index contributed by atoms with van der Waals surface area (Å²) in [6, 6.07) is 0. The normalized spacial score (nSPS) is 10.8. The van der Waals surface area contributed by atoms with Crippen molar-refractivity contribution in [3.8, 4) is 0 Å². The summed E-state index contributed by atoms with van der Waals surface area (Å²) < 4.78 is 3.17. The molecule has 1 amide bonds. The Kier molecular flexibility index (Phi) is 2.46. The van der Waals surface area contributed by atoms with Crippen LogP contribution in [0, 0.1) is 0 Å². The lowest BCUT2D eigenvalue weighted by Gasteiger charge is -2.06. The predicted octanol–water partition coefficient (Wildman–Crippen LogP) is -1.89. The van der Waals surface area contributed by atoms with E-state index < -0.39 is 17.2 Å². The molecular weight excluding hydrogens is 240 g/mol. The summed E-state index contributed by atoms with van der Waals surface area (Å²) in [5.74, 6) is -0.476. The van der Waals surface area contributed by atoms with Crippen molar-refractivity contribution >= 4 is 23.0 Å². The van der Waals surface area contributed by atoms with Gasteiger partial charge in [0.15, 0.2) is 11.2 Å². The van der Waals surface area contributed by atoms with Crippen LogP contribution < -0.4 is 22.4 Å². The molecule has 96 valence electrons. The van der Waals surface area contributed by atoms with Gasteiger partial charge in [0, 0.05) is 21.0 Å². The molecule has 0 bridgehead atoms. The number of anilines is 1. The topological polar surface area (TPSA) is 117 Å². The van der Waals surface area contributed by atoms with Crippen LogP contribution in [0.1, 0.15) is 6.92 Å². The lowest BCUT2D eigenvalue weighted by atomic mass is 10.5. The highest BCUT2D eigenvalue weighted by Crippen LogP contribution is 2.09. The molecule has 2 heterocycles. The van der Waals surface area contributed by atoms with Gasteiger partial charge >= 0.3 is 5.69 Å². The van der Waals surface area contributed by atoms with Gasteiger partial charge in [0.05, 0.1) is 0 Å². The quantitative estimate of drug-likeness (QED) is 0.615. The van der Waals surface area contributed by atoms with E-state index in [0.717, 1.165) is 9.24 Å². The van der Waals surface area contributed by atoms with Crippen LogP contribution in [0.3, 0.4) is 0 Å². The Morgan fingerprint density at radius 3 is 2.44 bits per heavy atom. The third kappa shape index (κ3) is 1.48. The van der Waals surface area contributed by atoms with E-state index in [9.17, 15) is 14.4 Å². The second-order valence-corrected chi connectivity index (χ2v) is 3.85. The van der Waals surface area contributed by atoms with E-state index in [-0.39, 0.29) is 17.1 Å². The fraction of sp³-hybridized carbons (Fsp3) is 0.333. The number of carbonyl (C=O) groups is 1. The number of hydrogen-bond acceptors (Lipinski definition) is 5. The maximum atomic E-state index is 12.0. The Bertz CT molecular complexity index is 765. The first kappa shape index (κ1) is 11.9. The van der Waals surface area contributed by atoms with Crippen molar-refractivity contribution in [3.63, 3.8) is 0 Å². The maximum Gasteiger partial charge on any atom is 0.332 e. The number of aryl methyl sites for hydroxylation is 1. The Balaban J connectivity index is 2.99. The molecule has 2 aromatic rings. The summed E-state index contributed by atoms with van der Waals surface area (Å²) in [6.07, 6.45) is 0. The lowest BCUT2D eigenvalue weighted by Crippen LogP contribution is -2.38. The summed E-state index contributed by atoms with van der Waals surface area (Å²) in [5, 5.41) is 0. The third-order valence-corrected chi connectivity index (χ3v) is 2.55. The van der Waals surface area contributed by atoms with Crippen LogP contribution in [0.2, 0.25) is 0 Å². The number of hydrogen-bond donors (Lipinski definition) is 2. The third-order valence-electron chi connectivity index (χ3n) is 2.55. The van der Waals surface area contributed by atoms with Gasteiger partial charge in [-0.2, -0.15) is 4.98 Å². The van der Waals surface area contributed by atoms with Crippen molar-refractivity contribution in [2.24, 2.45) is 14.1 Å². The Hall–Kier alpha value is -2.58. The summed E-state index contributed by atoms with van der Waals surface area (Å²) >= 11 is 0. The largest absolute Gasteiger partial charge is 0.368 e. The first-order valence-corrected chi connectivity index (χ1v) is 5.06. The molecule has 0 saturated carbocycles. The van der Waals surface area contributed by atoms with Crippen LogP contribution in [0.4, 0.5) is 5.95 Å². The zero-order valence-corrected chi connectivity index (χ0v) is 10.1. The Labute approximate surface area is 100 Å². The van der Waals surface area contributed by atoms with Crippen LogP contribution in [-0.2, 0) is 18.9 Å². The molecule has 9 nitrogen and oxygen atoms in total. The molecule has 0 aromatic carbocycles. The smallest absolute Gasteiger partial charge is 0.332 e. The first-order valence-electron chi connectivity index (χ1n) is 5.06. The predicted molar refractivity (Wildman–Crippen MR) is 64.7 cm³/mol. The van der Waals surface area contributed by atoms with Gasteiger partial charge < -0.3 is 5.73 Å². The zero-order valence-electron chi connectivity index (χ0n) is 10.1. The van der Waals surface area contributed by atoms with Gasteiger partial charge in [-0.3, -0.25) is 24.1 Å². The first-order chi connectivity index (χ1) is 8.34. The number of nitrogens with zero attached hydrogens (tertiary/aromatic N) is 4. The molecule has 0 fully saturated rings. The van der Waals surface area contributed by atoms with Crippen molar-refractivity contribution in [3.05, 3.63) is 20.8 Å². The van der Waals surface area contributed by atoms with E-state index in [1.807, 2.05) is 0 Å². The highest BCUT2D eigenvalue weighted by molar-refractivity contribution is 5.85. The van der Waals surface area contributed by atoms with Crippen molar-refractivity contribution < 1.29 is 4.79 Å². The van der Waals surface area contributed by atoms with Crippen LogP contribution in [0.15, 0.2) is 9.59 Å². The number of carbonyl (C=O) groups excluding carboxylic acids is 1. The van der Waals surface area contributed by atoms with Gasteiger partial charge in [-0.1, -0.05) is 0 Å². The number of amides is 1. The Morgan fingerprint density at radius 1 is 1.28 bits per heavy atom. The molecule has 0 atom stereocenters. The number of nitrogen functional groups attached to an aromatic ring is 1. The minimum Gasteiger partial charge on any atom is -0.368 e. The van der Waals surface area contributed by atoms with Gasteiger partial charge in [0.25, 0.3) is 5.56 Å². The van der Waals surface area contributed by atoms with E-state index in [1.54, 1.807) is 0 Å². The fourth-order valence-corrected chi connectivity index (χ4v) is 1.68. The maximum absolute atomic E-state index is 12.0. The van der Waals surface area contributed by atoms with Crippen LogP contribution in [0.5, 0.6) is 0 Å². The zero-order chi connectivity index (χ0) is 13.6. The molecule has 0 spiro atoms. The molecule has 18 heavy (non-hydrogen) atoms. The molecule has 2 aromatic heterocycles. The van der Waals surface area contributed by atoms with Crippen molar-refractivity contribution in [1.82, 2.24) is 18.8 Å². The highest BCUT2D eigenvalue weighted by atomic mass is 16.2. The fourth-order valence-electron chi connectivity index (χ4n) is 1.68. The molecule has 2 rings (SSSR count). The second kappa shape index (κ2) is 3.72. The second-order valence-electron chi connectivity index (χ2n) is 3.85. The molecule has 0 radical (unpaired) electrons. The van der Waals surface area contributed by atoms with Gasteiger partial charge in [-0.25, -0.2) is 9.47 Å². The number of nitrogens with one attached hydrogen (secondary N) is 1. The molecule has 0 aliphatic rings. The molecule has 0 aliphatic heterocycles. The van der Waals surface area contributed by atoms with E-state index in [1.165, 1.54) is 25.6 Å². The number of imidazole rings is 1. The molecule has 0 saturated heterocycles. The molecular formula is C9H12N6O3. The molecule has 3 N–H and O–H groups in total. The van der Waals surface area contributed by atoms with Crippen LogP contribution >= 0.6 is 0 Å². The van der Waals surface area contributed by atoms with Crippen LogP contribution in [-0.4, -0.2) is 24.7 Å². The average Bonchev–Trinajstić information content (AvgIpc) is 2.61. The number of rotatable bonds is 1. The molecule has 0 unspecified atom stereocenters. The summed E-state index contributed by atoms with van der Waals surface area (Å²) in [6.45, 7) is 1.28. The highest BCUT2D eigenvalue weighted by Gasteiger charge is 2.18. The van der Waals surface area contributed by atoms with Crippen molar-refractivity contribution in [2.45, 2.75) is 6.92 Å². The monoisotopic (exact) mass is 252 g/mol. The number of fused-ring (bicyclic) bond motifs is 1. The Morgan fingerprint density at radius 2 is 1.89 bits per heavy atom. The summed E-state index contributed by atoms with van der Waals surface area (Å²) in [5.41, 5.74) is 7.06. The van der Waals surface area contributed by atoms with Gasteiger partial charge in [-0.05, 0) is 0 Å². The summed E-state index contributed by atoms with van der Waals surface area (Å²) in [7, 11) is 2.81. The minimum absolute atomic E-state index is 0.0484. The van der Waals surface area contributed by atoms with Gasteiger partial charge in [0.1, 0.15) is 0 Å². The van der Waals surface area contributed by atoms with Crippen molar-refractivity contribution in [2.75, 3.05) is 11.2 Å². The summed E-state index contributed by atoms with van der Waals surface area (Å²) in [4.78, 5) is 38.7. The van der Waals surface area contributed by atoms with Crippen LogP contribution in [0.25, 0.3) is 11.2 Å². The van der Waals surface area contributed by atoms with E-state index in [4.69, 9.17) is 5.73 Å². The average molecular weight is 252 g/mol. The SMILES string of the molecule is CC(=O)Nn1c(N)nc2c1c(=O)n(C)c(=O)n2C. The minimum atomic E-state index is -0.578. The lowest BCUT2D eigenvalue weighted by molar-refractivity contribution is -0.115. The van der Waals surface area contributed by atoms with E-state index >= 15 is 0 Å². The number of nitrogens with two attached hydrogens (primary N) is 1. The van der Waals surface area contributed by atoms with Crippen molar-refractivity contribution in [1.29, 1.82) is 0 Å². The molecule has 0 aliphatic carbocycles. The standard InChI is InChI=1S/C9H12N6O3/c1-4(16)12-15-5-6(11-8(15)10)13(2)9(18)14(3)7(5)17/h1-3H3,(H2,10,11)(H,12,16). The van der Waals surface area contributed by atoms with E-state index in [0.29, 0.717) is 0 Å².